The number of nitrogens with two attached hydrogens (primary N) is 1. The summed E-state index contributed by atoms with van der Waals surface area (Å²) in [5.74, 6) is -0.0357. The lowest BCUT2D eigenvalue weighted by atomic mass is 9.91. The number of urea groups is 1. The number of carbonyl (C=O) groups excluding carboxylic acids is 3. The maximum atomic E-state index is 12.7. The average Bonchev–Trinajstić information content (AvgIpc) is 3.36. The summed E-state index contributed by atoms with van der Waals surface area (Å²) in [6.45, 7) is 4.07. The molecule has 2 aliphatic carbocycles. The fourth-order valence-corrected chi connectivity index (χ4v) is 4.26. The second-order valence-corrected chi connectivity index (χ2v) is 8.81. The van der Waals surface area contributed by atoms with Crippen molar-refractivity contribution in [2.45, 2.75) is 83.0 Å². The summed E-state index contributed by atoms with van der Waals surface area (Å²) in [7, 11) is 0. The van der Waals surface area contributed by atoms with Gasteiger partial charge >= 0.3 is 6.03 Å². The molecule has 4 amide bonds. The van der Waals surface area contributed by atoms with E-state index in [0.29, 0.717) is 55.5 Å². The molecule has 0 bridgehead atoms. The number of primary amides is 1. The van der Waals surface area contributed by atoms with Crippen molar-refractivity contribution in [3.63, 3.8) is 0 Å². The van der Waals surface area contributed by atoms with Crippen LogP contribution in [0, 0.1) is 5.92 Å². The number of carbonyl (C=O) groups is 3. The molecule has 1 aliphatic heterocycles. The van der Waals surface area contributed by atoms with Crippen molar-refractivity contribution in [3.05, 3.63) is 11.8 Å². The van der Waals surface area contributed by atoms with Gasteiger partial charge in [0.05, 0.1) is 6.04 Å². The summed E-state index contributed by atoms with van der Waals surface area (Å²) in [4.78, 5) is 38.1. The van der Waals surface area contributed by atoms with Gasteiger partial charge in [-0.1, -0.05) is 13.8 Å². The quantitative estimate of drug-likeness (QED) is 0.675. The fraction of sp³-hybridized carbons (Fsp3) is 0.700. The summed E-state index contributed by atoms with van der Waals surface area (Å²) < 4.78 is 7.78. The van der Waals surface area contributed by atoms with Crippen LogP contribution in [0.4, 0.5) is 4.79 Å². The van der Waals surface area contributed by atoms with Crippen LogP contribution < -0.4 is 15.8 Å². The Balaban J connectivity index is 1.36. The highest BCUT2D eigenvalue weighted by Gasteiger charge is 2.43. The molecule has 1 atom stereocenters. The number of imide groups is 1. The summed E-state index contributed by atoms with van der Waals surface area (Å²) >= 11 is 0. The SMILES string of the molecule is CC(C)CC1NC(=O)N(C2CCC(Oc3nn(C4CC4)cc3C(N)=O)CC2)C1=O. The van der Waals surface area contributed by atoms with E-state index in [0.717, 1.165) is 12.8 Å². The first kappa shape index (κ1) is 19.7. The zero-order valence-electron chi connectivity index (χ0n) is 17.0. The van der Waals surface area contributed by atoms with Gasteiger partial charge in [0.25, 0.3) is 11.8 Å². The second-order valence-electron chi connectivity index (χ2n) is 8.81. The van der Waals surface area contributed by atoms with E-state index in [4.69, 9.17) is 10.5 Å². The van der Waals surface area contributed by atoms with Crippen LogP contribution in [0.25, 0.3) is 0 Å². The number of amides is 4. The van der Waals surface area contributed by atoms with Gasteiger partial charge in [-0.25, -0.2) is 4.79 Å². The Morgan fingerprint density at radius 2 is 1.86 bits per heavy atom. The van der Waals surface area contributed by atoms with Gasteiger partial charge in [0.2, 0.25) is 5.88 Å². The van der Waals surface area contributed by atoms with Crippen molar-refractivity contribution in [1.82, 2.24) is 20.0 Å². The van der Waals surface area contributed by atoms with Gasteiger partial charge in [-0.15, -0.1) is 5.10 Å². The third-order valence-corrected chi connectivity index (χ3v) is 5.93. The van der Waals surface area contributed by atoms with Crippen molar-refractivity contribution >= 4 is 17.8 Å². The van der Waals surface area contributed by atoms with Crippen LogP contribution in [0.1, 0.15) is 75.2 Å². The van der Waals surface area contributed by atoms with Crippen molar-refractivity contribution in [1.29, 1.82) is 0 Å². The van der Waals surface area contributed by atoms with E-state index < -0.39 is 11.9 Å². The standard InChI is InChI=1S/C20H29N5O4/c1-11(2)9-16-19(27)25(20(28)22-16)13-5-7-14(8-6-13)29-18-15(17(21)26)10-24(23-18)12-3-4-12/h10-14,16H,3-9H2,1-2H3,(H2,21,26)(H,22,28). The Hall–Kier alpha value is -2.58. The van der Waals surface area contributed by atoms with Crippen molar-refractivity contribution < 1.29 is 19.1 Å². The topological polar surface area (TPSA) is 120 Å². The summed E-state index contributed by atoms with van der Waals surface area (Å²) in [5, 5.41) is 7.23. The van der Waals surface area contributed by atoms with E-state index in [9.17, 15) is 14.4 Å². The fourth-order valence-electron chi connectivity index (χ4n) is 4.26. The number of ether oxygens (including phenoxy) is 1. The molecule has 29 heavy (non-hydrogen) atoms. The molecule has 3 N–H and O–H groups in total. The molecule has 1 saturated heterocycles. The van der Waals surface area contributed by atoms with Gasteiger partial charge in [-0.05, 0) is 50.9 Å². The van der Waals surface area contributed by atoms with Crippen molar-refractivity contribution in [3.8, 4) is 5.88 Å². The first-order valence-corrected chi connectivity index (χ1v) is 10.5. The molecule has 1 aromatic rings. The highest BCUT2D eigenvalue weighted by atomic mass is 16.5. The van der Waals surface area contributed by atoms with E-state index >= 15 is 0 Å². The molecule has 158 valence electrons. The average molecular weight is 403 g/mol. The molecular formula is C20H29N5O4. The molecule has 3 fully saturated rings. The van der Waals surface area contributed by atoms with Gasteiger partial charge in [-0.3, -0.25) is 19.2 Å². The maximum absolute atomic E-state index is 12.7. The first-order valence-electron chi connectivity index (χ1n) is 10.5. The van der Waals surface area contributed by atoms with Crippen LogP contribution in [0.15, 0.2) is 6.20 Å². The van der Waals surface area contributed by atoms with E-state index in [1.807, 2.05) is 13.8 Å². The van der Waals surface area contributed by atoms with Gasteiger partial charge in [0.1, 0.15) is 17.7 Å². The zero-order valence-corrected chi connectivity index (χ0v) is 17.0. The molecule has 2 saturated carbocycles. The highest BCUT2D eigenvalue weighted by Crippen LogP contribution is 2.36. The van der Waals surface area contributed by atoms with Crippen molar-refractivity contribution in [2.24, 2.45) is 11.7 Å². The summed E-state index contributed by atoms with van der Waals surface area (Å²) in [6.07, 6.45) is 7.03. The third-order valence-electron chi connectivity index (χ3n) is 5.93. The molecule has 2 heterocycles. The number of hydrogen-bond donors (Lipinski definition) is 2. The van der Waals surface area contributed by atoms with Gasteiger partial charge in [0, 0.05) is 12.2 Å². The first-order chi connectivity index (χ1) is 13.8. The van der Waals surface area contributed by atoms with Gasteiger partial charge in [-0.2, -0.15) is 0 Å². The lowest BCUT2D eigenvalue weighted by molar-refractivity contribution is -0.130. The zero-order chi connectivity index (χ0) is 20.7. The largest absolute Gasteiger partial charge is 0.473 e. The Bertz CT molecular complexity index is 808. The van der Waals surface area contributed by atoms with Crippen LogP contribution in [0.2, 0.25) is 0 Å². The Morgan fingerprint density at radius 3 is 2.45 bits per heavy atom. The van der Waals surface area contributed by atoms with Crippen molar-refractivity contribution in [2.75, 3.05) is 0 Å². The molecule has 4 rings (SSSR count). The molecular weight excluding hydrogens is 374 g/mol. The van der Waals surface area contributed by atoms with Crippen LogP contribution in [-0.4, -0.2) is 50.7 Å². The van der Waals surface area contributed by atoms with Crippen LogP contribution in [0.3, 0.4) is 0 Å². The lowest BCUT2D eigenvalue weighted by Gasteiger charge is -2.32. The molecule has 3 aliphatic rings. The van der Waals surface area contributed by atoms with Crippen LogP contribution in [0.5, 0.6) is 5.88 Å². The molecule has 1 aromatic heterocycles. The minimum Gasteiger partial charge on any atom is -0.473 e. The number of rotatable bonds is 7. The van der Waals surface area contributed by atoms with E-state index in [-0.39, 0.29) is 24.1 Å². The van der Waals surface area contributed by atoms with E-state index in [1.165, 1.54) is 4.90 Å². The third kappa shape index (κ3) is 4.09. The Labute approximate surface area is 169 Å². The summed E-state index contributed by atoms with van der Waals surface area (Å²) in [6, 6.07) is -0.482. The predicted molar refractivity (Wildman–Crippen MR) is 104 cm³/mol. The highest BCUT2D eigenvalue weighted by molar-refractivity contribution is 6.04. The number of aromatic nitrogens is 2. The molecule has 1 unspecified atom stereocenters. The minimum atomic E-state index is -0.545. The second kappa shape index (κ2) is 7.68. The molecule has 0 radical (unpaired) electrons. The molecule has 0 spiro atoms. The Kier molecular flexibility index (Phi) is 5.23. The van der Waals surface area contributed by atoms with Gasteiger partial charge in [0.15, 0.2) is 0 Å². The van der Waals surface area contributed by atoms with Gasteiger partial charge < -0.3 is 15.8 Å². The molecule has 0 aromatic carbocycles. The number of nitrogens with zero attached hydrogens (tertiary/aromatic N) is 3. The van der Waals surface area contributed by atoms with E-state index in [1.54, 1.807) is 10.9 Å². The number of nitrogens with one attached hydrogen (secondary N) is 1. The molecule has 9 nitrogen and oxygen atoms in total. The molecule has 9 heteroatoms. The summed E-state index contributed by atoms with van der Waals surface area (Å²) in [5.41, 5.74) is 5.79. The van der Waals surface area contributed by atoms with E-state index in [2.05, 4.69) is 10.4 Å². The normalized spacial score (nSPS) is 27.4. The smallest absolute Gasteiger partial charge is 0.325 e. The van der Waals surface area contributed by atoms with Crippen LogP contribution >= 0.6 is 0 Å². The monoisotopic (exact) mass is 403 g/mol. The lowest BCUT2D eigenvalue weighted by Crippen LogP contribution is -2.44. The predicted octanol–water partition coefficient (Wildman–Crippen LogP) is 1.97. The van der Waals surface area contributed by atoms with Crippen LogP contribution in [-0.2, 0) is 4.79 Å². The number of hydrogen-bond acceptors (Lipinski definition) is 5. The minimum absolute atomic E-state index is 0.112. The Morgan fingerprint density at radius 1 is 1.21 bits per heavy atom. The maximum Gasteiger partial charge on any atom is 0.325 e.